The van der Waals surface area contributed by atoms with Crippen molar-refractivity contribution in [1.82, 2.24) is 0 Å². The third-order valence-corrected chi connectivity index (χ3v) is 1.42. The Kier molecular flexibility index (Phi) is 6.60. The largest absolute Gasteiger partial charge is 0.870 e. The van der Waals surface area contributed by atoms with Gasteiger partial charge in [0.2, 0.25) is 0 Å². The summed E-state index contributed by atoms with van der Waals surface area (Å²) in [7, 11) is 5.45. The van der Waals surface area contributed by atoms with E-state index in [0.29, 0.717) is 0 Å². The molecule has 0 aromatic heterocycles. The average molecular weight is 166 g/mol. The van der Waals surface area contributed by atoms with Gasteiger partial charge in [-0.15, -0.1) is 0 Å². The first-order valence-corrected chi connectivity index (χ1v) is 3.23. The van der Waals surface area contributed by atoms with E-state index < -0.39 is 6.10 Å². The average Bonchev–Trinajstić information content (AvgIpc) is 1.88. The van der Waals surface area contributed by atoms with Gasteiger partial charge >= 0.3 is 61.3 Å². The standard InChI is InChI=1S/C8H9BO.2H2O/c1-6(10)7-2-4-8(9)5-3-7;;/h2-6,10H,1H3;2*1H2/q+2;;/p-2. The summed E-state index contributed by atoms with van der Waals surface area (Å²) in [5.74, 6) is 0. The molecular weight excluding hydrogens is 155 g/mol. The maximum atomic E-state index is 9.07. The molecular formula is C8H11BO3. The molecule has 0 aliphatic carbocycles. The van der Waals surface area contributed by atoms with Crippen LogP contribution in [0.25, 0.3) is 0 Å². The molecule has 12 heavy (non-hydrogen) atoms. The minimum atomic E-state index is -0.402. The number of benzene rings is 1. The zero-order valence-corrected chi connectivity index (χ0v) is 6.81. The third-order valence-electron chi connectivity index (χ3n) is 1.42. The van der Waals surface area contributed by atoms with Crippen molar-refractivity contribution in [2.75, 3.05) is 0 Å². The molecule has 1 aromatic carbocycles. The van der Waals surface area contributed by atoms with Gasteiger partial charge in [-0.05, 0) is 0 Å². The molecule has 0 aliphatic rings. The SMILES string of the molecule is [B+2]c1ccc(C(C)O)cc1.[OH-].[OH-]. The van der Waals surface area contributed by atoms with Gasteiger partial charge in [0.1, 0.15) is 0 Å². The molecule has 3 nitrogen and oxygen atoms in total. The maximum Gasteiger partial charge on any atom is -0.870 e. The zero-order valence-electron chi connectivity index (χ0n) is 6.81. The Morgan fingerprint density at radius 2 is 1.58 bits per heavy atom. The van der Waals surface area contributed by atoms with Crippen LogP contribution < -0.4 is 5.46 Å². The van der Waals surface area contributed by atoms with Crippen molar-refractivity contribution in [3.8, 4) is 0 Å². The van der Waals surface area contributed by atoms with Crippen molar-refractivity contribution in [3.63, 3.8) is 0 Å². The molecule has 0 fully saturated rings. The van der Waals surface area contributed by atoms with E-state index >= 15 is 0 Å². The molecule has 64 valence electrons. The van der Waals surface area contributed by atoms with Gasteiger partial charge in [-0.25, -0.2) is 0 Å². The summed E-state index contributed by atoms with van der Waals surface area (Å²) in [5.41, 5.74) is 1.62. The molecule has 1 unspecified atom stereocenters. The predicted octanol–water partition coefficient (Wildman–Crippen LogP) is 0.180. The Morgan fingerprint density at radius 3 is 1.92 bits per heavy atom. The Hall–Kier alpha value is -0.835. The number of aliphatic hydroxyl groups excluding tert-OH is 1. The van der Waals surface area contributed by atoms with Crippen LogP contribution in [0.5, 0.6) is 0 Å². The van der Waals surface area contributed by atoms with Crippen molar-refractivity contribution < 1.29 is 16.1 Å². The predicted molar refractivity (Wildman–Crippen MR) is 46.3 cm³/mol. The zero-order chi connectivity index (χ0) is 7.56. The molecule has 4 heteroatoms. The van der Waals surface area contributed by atoms with E-state index in [1.807, 2.05) is 12.1 Å². The van der Waals surface area contributed by atoms with Gasteiger partial charge in [-0.2, -0.15) is 0 Å². The van der Waals surface area contributed by atoms with E-state index in [0.717, 1.165) is 11.0 Å². The topological polar surface area (TPSA) is 80.2 Å². The molecule has 1 rings (SSSR count). The summed E-state index contributed by atoms with van der Waals surface area (Å²) in [5, 5.41) is 9.07. The van der Waals surface area contributed by atoms with Crippen molar-refractivity contribution in [3.05, 3.63) is 29.8 Å². The summed E-state index contributed by atoms with van der Waals surface area (Å²) < 4.78 is 0. The van der Waals surface area contributed by atoms with Gasteiger partial charge in [-0.3, -0.25) is 0 Å². The van der Waals surface area contributed by atoms with E-state index in [4.69, 9.17) is 13.0 Å². The Morgan fingerprint density at radius 1 is 1.17 bits per heavy atom. The van der Waals surface area contributed by atoms with Crippen molar-refractivity contribution in [1.29, 1.82) is 0 Å². The van der Waals surface area contributed by atoms with E-state index in [9.17, 15) is 0 Å². The molecule has 0 aliphatic heterocycles. The molecule has 0 saturated heterocycles. The summed E-state index contributed by atoms with van der Waals surface area (Å²) in [6.07, 6.45) is -0.402. The van der Waals surface area contributed by atoms with E-state index in [1.54, 1.807) is 19.1 Å². The second-order valence-corrected chi connectivity index (χ2v) is 2.34. The van der Waals surface area contributed by atoms with Gasteiger partial charge in [0.25, 0.3) is 0 Å². The maximum absolute atomic E-state index is 9.07. The Bertz CT molecular complexity index is 208. The molecule has 0 heterocycles. The summed E-state index contributed by atoms with van der Waals surface area (Å²) in [6.45, 7) is 1.73. The molecule has 1 atom stereocenters. The van der Waals surface area contributed by atoms with Gasteiger partial charge < -0.3 is 11.0 Å². The molecule has 1 aromatic rings. The second kappa shape index (κ2) is 5.77. The van der Waals surface area contributed by atoms with Crippen LogP contribution in [-0.4, -0.2) is 23.9 Å². The number of aliphatic hydroxyl groups is 1. The first-order chi connectivity index (χ1) is 4.70. The minimum absolute atomic E-state index is 0. The van der Waals surface area contributed by atoms with Crippen LogP contribution in [0.3, 0.4) is 0 Å². The fraction of sp³-hybridized carbons (Fsp3) is 0.250. The Labute approximate surface area is 73.1 Å². The van der Waals surface area contributed by atoms with Gasteiger partial charge in [0.05, 0.1) is 0 Å². The fourth-order valence-corrected chi connectivity index (χ4v) is 0.775. The number of hydrogen-bond acceptors (Lipinski definition) is 3. The van der Waals surface area contributed by atoms with E-state index in [1.165, 1.54) is 0 Å². The summed E-state index contributed by atoms with van der Waals surface area (Å²) in [4.78, 5) is 0. The van der Waals surface area contributed by atoms with Crippen LogP contribution >= 0.6 is 0 Å². The van der Waals surface area contributed by atoms with Gasteiger partial charge in [-0.1, -0.05) is 0 Å². The third kappa shape index (κ3) is 3.53. The summed E-state index contributed by atoms with van der Waals surface area (Å²) >= 11 is 0. The second-order valence-electron chi connectivity index (χ2n) is 2.34. The number of hydrogen-bond donors (Lipinski definition) is 1. The number of rotatable bonds is 1. The van der Waals surface area contributed by atoms with Crippen molar-refractivity contribution in [2.45, 2.75) is 13.0 Å². The van der Waals surface area contributed by atoms with Crippen LogP contribution in [0.1, 0.15) is 18.6 Å². The first kappa shape index (κ1) is 13.7. The first-order valence-electron chi connectivity index (χ1n) is 3.23. The van der Waals surface area contributed by atoms with Gasteiger partial charge in [0.15, 0.2) is 0 Å². The van der Waals surface area contributed by atoms with Crippen LogP contribution in [0, 0.1) is 0 Å². The molecule has 0 radical (unpaired) electrons. The van der Waals surface area contributed by atoms with Crippen LogP contribution in [0.15, 0.2) is 24.3 Å². The van der Waals surface area contributed by atoms with Crippen LogP contribution in [0.4, 0.5) is 0 Å². The van der Waals surface area contributed by atoms with Gasteiger partial charge in [0, 0.05) is 0 Å². The quantitative estimate of drug-likeness (QED) is 0.604. The monoisotopic (exact) mass is 166 g/mol. The molecule has 3 N–H and O–H groups in total. The normalized spacial score (nSPS) is 11.0. The van der Waals surface area contributed by atoms with E-state index in [-0.39, 0.29) is 11.0 Å². The van der Waals surface area contributed by atoms with E-state index in [2.05, 4.69) is 0 Å². The minimum Gasteiger partial charge on any atom is -0.870 e. The fourth-order valence-electron chi connectivity index (χ4n) is 0.775. The molecule has 0 bridgehead atoms. The molecule has 0 saturated carbocycles. The van der Waals surface area contributed by atoms with Crippen molar-refractivity contribution in [2.24, 2.45) is 0 Å². The molecule has 0 amide bonds. The smallest absolute Gasteiger partial charge is 0.870 e. The Balaban J connectivity index is 0. The van der Waals surface area contributed by atoms with Crippen LogP contribution in [0.2, 0.25) is 0 Å². The molecule has 0 spiro atoms. The summed E-state index contributed by atoms with van der Waals surface area (Å²) in [6, 6.07) is 7.20. The van der Waals surface area contributed by atoms with Crippen molar-refractivity contribution >= 4 is 13.3 Å². The van der Waals surface area contributed by atoms with Crippen LogP contribution in [-0.2, 0) is 0 Å².